The number of carbonyl (C=O) groups is 1. The number of likely N-dealkylation sites (tertiary alicyclic amines) is 1. The lowest BCUT2D eigenvalue weighted by molar-refractivity contribution is -0.119. The number of benzene rings is 1. The van der Waals surface area contributed by atoms with Crippen LogP contribution in [0.1, 0.15) is 26.2 Å². The number of hydrogen-bond donors (Lipinski definition) is 1. The first-order valence-corrected chi connectivity index (χ1v) is 13.7. The Bertz CT molecular complexity index is 938. The van der Waals surface area contributed by atoms with Gasteiger partial charge in [-0.3, -0.25) is 9.10 Å². The minimum absolute atomic E-state index is 0.0475. The van der Waals surface area contributed by atoms with Crippen LogP contribution in [0.2, 0.25) is 0 Å². The first kappa shape index (κ1) is 25.6. The van der Waals surface area contributed by atoms with Gasteiger partial charge >= 0.3 is 0 Å². The van der Waals surface area contributed by atoms with Crippen molar-refractivity contribution in [2.45, 2.75) is 31.1 Å². The second kappa shape index (κ2) is 10.8. The lowest BCUT2D eigenvalue weighted by atomic mass is 9.99. The summed E-state index contributed by atoms with van der Waals surface area (Å²) in [4.78, 5) is 14.8. The Balaban J connectivity index is 1.93. The van der Waals surface area contributed by atoms with Crippen LogP contribution in [0.4, 0.5) is 5.69 Å². The van der Waals surface area contributed by atoms with E-state index in [4.69, 9.17) is 0 Å². The van der Waals surface area contributed by atoms with Crippen molar-refractivity contribution >= 4 is 31.6 Å². The third-order valence-corrected chi connectivity index (χ3v) is 8.41. The number of carbonyl (C=O) groups excluding carboxylic acids is 1. The summed E-state index contributed by atoms with van der Waals surface area (Å²) < 4.78 is 50.9. The largest absolute Gasteiger partial charge is 0.354 e. The normalized spacial score (nSPS) is 16.4. The van der Waals surface area contributed by atoms with Gasteiger partial charge in [-0.05, 0) is 69.1 Å². The Morgan fingerprint density at radius 3 is 2.19 bits per heavy atom. The molecule has 1 aromatic carbocycles. The maximum absolute atomic E-state index is 12.3. The molecule has 0 bridgehead atoms. The van der Waals surface area contributed by atoms with Gasteiger partial charge in [0.25, 0.3) is 0 Å². The zero-order valence-electron chi connectivity index (χ0n) is 18.7. The molecule has 0 atom stereocenters. The van der Waals surface area contributed by atoms with Crippen molar-refractivity contribution in [1.82, 2.24) is 14.5 Å². The van der Waals surface area contributed by atoms with Crippen LogP contribution in [0, 0.1) is 5.92 Å². The van der Waals surface area contributed by atoms with Gasteiger partial charge in [-0.1, -0.05) is 6.92 Å². The molecule has 1 aliphatic rings. The Morgan fingerprint density at radius 1 is 1.10 bits per heavy atom. The van der Waals surface area contributed by atoms with E-state index in [1.807, 2.05) is 0 Å². The van der Waals surface area contributed by atoms with Crippen molar-refractivity contribution < 1.29 is 21.6 Å². The summed E-state index contributed by atoms with van der Waals surface area (Å²) in [5, 5.41) is 2.78. The summed E-state index contributed by atoms with van der Waals surface area (Å²) in [5.41, 5.74) is 0.234. The molecular weight excluding hydrogens is 440 g/mol. The van der Waals surface area contributed by atoms with Crippen LogP contribution >= 0.6 is 0 Å². The second-order valence-electron chi connectivity index (χ2n) is 8.28. The number of sulfonamides is 2. The molecule has 1 heterocycles. The molecule has 0 saturated carbocycles. The minimum atomic E-state index is -3.73. The van der Waals surface area contributed by atoms with E-state index < -0.39 is 26.0 Å². The van der Waals surface area contributed by atoms with Crippen molar-refractivity contribution in [3.63, 3.8) is 0 Å². The van der Waals surface area contributed by atoms with E-state index in [0.29, 0.717) is 6.54 Å². The molecule has 1 aliphatic heterocycles. The molecule has 1 aromatic rings. The monoisotopic (exact) mass is 474 g/mol. The van der Waals surface area contributed by atoms with E-state index in [-0.39, 0.29) is 17.1 Å². The average Bonchev–Trinajstić information content (AvgIpc) is 2.70. The van der Waals surface area contributed by atoms with Crippen LogP contribution in [0.15, 0.2) is 29.2 Å². The number of nitrogens with one attached hydrogen (secondary N) is 1. The van der Waals surface area contributed by atoms with Crippen molar-refractivity contribution in [3.8, 4) is 0 Å². The SMILES string of the molecule is CC1CCN(CCCNC(=O)CN(c2ccc(S(=O)(=O)N(C)C)cc2)S(C)(=O)=O)CC1. The molecule has 0 aromatic heterocycles. The molecule has 11 heteroatoms. The summed E-state index contributed by atoms with van der Waals surface area (Å²) in [5.74, 6) is 0.373. The molecule has 9 nitrogen and oxygen atoms in total. The first-order chi connectivity index (χ1) is 14.4. The molecule has 31 heavy (non-hydrogen) atoms. The van der Waals surface area contributed by atoms with Crippen molar-refractivity contribution in [3.05, 3.63) is 24.3 Å². The fourth-order valence-electron chi connectivity index (χ4n) is 3.40. The predicted octanol–water partition coefficient (Wildman–Crippen LogP) is 0.941. The van der Waals surface area contributed by atoms with Crippen LogP contribution in [-0.4, -0.2) is 85.0 Å². The highest BCUT2D eigenvalue weighted by Gasteiger charge is 2.23. The number of anilines is 1. The van der Waals surface area contributed by atoms with Crippen molar-refractivity contribution in [2.75, 3.05) is 57.4 Å². The molecule has 0 spiro atoms. The third kappa shape index (κ3) is 7.44. The van der Waals surface area contributed by atoms with E-state index >= 15 is 0 Å². The van der Waals surface area contributed by atoms with Gasteiger partial charge in [-0.15, -0.1) is 0 Å². The quantitative estimate of drug-likeness (QED) is 0.506. The maximum Gasteiger partial charge on any atom is 0.242 e. The molecule has 1 amide bonds. The van der Waals surface area contributed by atoms with Crippen LogP contribution in [0.3, 0.4) is 0 Å². The van der Waals surface area contributed by atoms with Crippen molar-refractivity contribution in [1.29, 1.82) is 0 Å². The van der Waals surface area contributed by atoms with Gasteiger partial charge in [0.05, 0.1) is 16.8 Å². The Labute approximate surface area is 186 Å². The van der Waals surface area contributed by atoms with E-state index in [0.717, 1.165) is 46.8 Å². The summed E-state index contributed by atoms with van der Waals surface area (Å²) >= 11 is 0. The number of rotatable bonds is 10. The summed E-state index contributed by atoms with van der Waals surface area (Å²) in [6.07, 6.45) is 4.22. The fraction of sp³-hybridized carbons (Fsp3) is 0.650. The first-order valence-electron chi connectivity index (χ1n) is 10.4. The van der Waals surface area contributed by atoms with Crippen LogP contribution in [-0.2, 0) is 24.8 Å². The van der Waals surface area contributed by atoms with E-state index in [2.05, 4.69) is 17.1 Å². The smallest absolute Gasteiger partial charge is 0.242 e. The van der Waals surface area contributed by atoms with Gasteiger partial charge in [-0.25, -0.2) is 21.1 Å². The second-order valence-corrected chi connectivity index (χ2v) is 12.3. The van der Waals surface area contributed by atoms with E-state index in [1.165, 1.54) is 51.2 Å². The van der Waals surface area contributed by atoms with Gasteiger partial charge in [-0.2, -0.15) is 0 Å². The minimum Gasteiger partial charge on any atom is -0.354 e. The molecule has 2 rings (SSSR count). The van der Waals surface area contributed by atoms with Gasteiger partial charge in [0.2, 0.25) is 26.0 Å². The number of amides is 1. The molecule has 0 unspecified atom stereocenters. The zero-order chi connectivity index (χ0) is 23.2. The molecule has 1 fully saturated rings. The number of piperidine rings is 1. The number of nitrogens with zero attached hydrogens (tertiary/aromatic N) is 3. The highest BCUT2D eigenvalue weighted by atomic mass is 32.2. The molecule has 176 valence electrons. The molecule has 0 aliphatic carbocycles. The van der Waals surface area contributed by atoms with Gasteiger partial charge in [0.15, 0.2) is 0 Å². The van der Waals surface area contributed by atoms with Crippen molar-refractivity contribution in [2.24, 2.45) is 5.92 Å². The summed E-state index contributed by atoms with van der Waals surface area (Å²) in [7, 11) is -4.51. The lowest BCUT2D eigenvalue weighted by Gasteiger charge is -2.30. The summed E-state index contributed by atoms with van der Waals surface area (Å²) in [6.45, 7) is 5.44. The Hall–Kier alpha value is -1.69. The molecular formula is C20H34N4O5S2. The Morgan fingerprint density at radius 2 is 1.68 bits per heavy atom. The fourth-order valence-corrected chi connectivity index (χ4v) is 5.16. The van der Waals surface area contributed by atoms with E-state index in [1.54, 1.807) is 0 Å². The number of hydrogen-bond acceptors (Lipinski definition) is 6. The summed E-state index contributed by atoms with van der Waals surface area (Å²) in [6, 6.07) is 5.45. The highest BCUT2D eigenvalue weighted by molar-refractivity contribution is 7.92. The third-order valence-electron chi connectivity index (χ3n) is 5.44. The van der Waals surface area contributed by atoms with Gasteiger partial charge in [0, 0.05) is 20.6 Å². The lowest BCUT2D eigenvalue weighted by Crippen LogP contribution is -2.41. The Kier molecular flexibility index (Phi) is 8.87. The van der Waals surface area contributed by atoms with Crippen LogP contribution in [0.5, 0.6) is 0 Å². The van der Waals surface area contributed by atoms with Crippen LogP contribution in [0.25, 0.3) is 0 Å². The highest BCUT2D eigenvalue weighted by Crippen LogP contribution is 2.21. The standard InChI is InChI=1S/C20H34N4O5S2/c1-17-10-14-23(15-11-17)13-5-12-21-20(25)16-24(30(4,26)27)18-6-8-19(9-7-18)31(28,29)22(2)3/h6-9,17H,5,10-16H2,1-4H3,(H,21,25). The topological polar surface area (TPSA) is 107 Å². The molecule has 1 N–H and O–H groups in total. The zero-order valence-corrected chi connectivity index (χ0v) is 20.4. The average molecular weight is 475 g/mol. The predicted molar refractivity (Wildman–Crippen MR) is 122 cm³/mol. The molecule has 0 radical (unpaired) electrons. The van der Waals surface area contributed by atoms with E-state index in [9.17, 15) is 21.6 Å². The van der Waals surface area contributed by atoms with Gasteiger partial charge < -0.3 is 10.2 Å². The van der Waals surface area contributed by atoms with Crippen LogP contribution < -0.4 is 9.62 Å². The maximum atomic E-state index is 12.3. The van der Waals surface area contributed by atoms with Gasteiger partial charge in [0.1, 0.15) is 6.54 Å². The molecule has 1 saturated heterocycles.